The number of hydrogen-bond donors (Lipinski definition) is 0. The van der Waals surface area contributed by atoms with Gasteiger partial charge in [0.05, 0.1) is 41.4 Å². The Morgan fingerprint density at radius 1 is 0.544 bits per heavy atom. The van der Waals surface area contributed by atoms with Crippen molar-refractivity contribution in [1.82, 2.24) is 14.1 Å². The Labute approximate surface area is 514 Å². The van der Waals surface area contributed by atoms with Crippen LogP contribution in [0, 0.1) is 39.0 Å². The number of benzene rings is 10. The molecule has 6 heteroatoms. The van der Waals surface area contributed by atoms with Crippen molar-refractivity contribution in [3.63, 3.8) is 0 Å². The van der Waals surface area contributed by atoms with E-state index < -0.39 is 163 Å². The molecule has 386 valence electrons. The second-order valence-corrected chi connectivity index (χ2v) is 19.2. The van der Waals surface area contributed by atoms with Gasteiger partial charge >= 0.3 is 0 Å². The summed E-state index contributed by atoms with van der Waals surface area (Å²) in [7, 11) is 0. The van der Waals surface area contributed by atoms with E-state index in [1.807, 2.05) is 26.8 Å². The minimum atomic E-state index is -2.90. The second kappa shape index (κ2) is 20.8. The maximum atomic E-state index is 10.2. The van der Waals surface area contributed by atoms with Gasteiger partial charge in [0.25, 0.3) is 6.33 Å². The molecule has 10 aromatic carbocycles. The first kappa shape index (κ1) is 28.6. The van der Waals surface area contributed by atoms with Crippen LogP contribution in [0.3, 0.4) is 0 Å². The number of pyridine rings is 1. The van der Waals surface area contributed by atoms with Crippen molar-refractivity contribution >= 4 is 32.8 Å². The minimum Gasteiger partial charge on any atom is -0.510 e. The average molecular weight is 1230 g/mol. The Morgan fingerprint density at radius 2 is 1.19 bits per heavy atom. The third kappa shape index (κ3) is 9.49. The molecule has 13 aromatic rings. The Bertz CT molecular complexity index is 5670. The van der Waals surface area contributed by atoms with Crippen LogP contribution in [0.15, 0.2) is 230 Å². The van der Waals surface area contributed by atoms with E-state index in [9.17, 15) is 4.11 Å². The van der Waals surface area contributed by atoms with Gasteiger partial charge in [0.2, 0.25) is 0 Å². The topological polar surface area (TPSA) is 35.9 Å². The molecule has 0 unspecified atom stereocenters. The summed E-state index contributed by atoms with van der Waals surface area (Å²) in [5, 5.41) is 1.31. The summed E-state index contributed by atoms with van der Waals surface area (Å²) in [4.78, 5) is 4.67. The standard InChI is InChI=1S/C73H56N4O.Pt/c1-48-21-18-22-49(2)71(48)54-35-38-67-69(43-54)75(47-76(67)72-61(32-20-33-65(72)73(4,5)6)57-41-55(51-23-10-7-11-24-51)40-56(42-57)52-25-12-8-13-26-52)58-29-19-30-59(44-58)78-60-36-37-63-62-31-16-17-34-66(62)77(68(63)45-60)70-39-50(3)64(46-74-70)53-27-14-9-15-28-53;/h7-43,46H,1-6H3;/q-2;/i1D3,2D3,3D3,7D,8D,9D,10D,11D,12D,13D,14D,15D,23D,24D,25D,26D,27D,28D,40D,41D,42D;. The van der Waals surface area contributed by atoms with Crippen LogP contribution in [0.4, 0.5) is 0 Å². The average Bonchev–Trinajstić information content (AvgIpc) is 1.28. The van der Waals surface area contributed by atoms with Crippen LogP contribution in [-0.4, -0.2) is 14.1 Å². The first-order valence-electron chi connectivity index (χ1n) is 38.0. The van der Waals surface area contributed by atoms with E-state index in [4.69, 9.17) is 37.6 Å². The summed E-state index contributed by atoms with van der Waals surface area (Å²) in [5.74, 6) is 0.206. The van der Waals surface area contributed by atoms with Crippen LogP contribution in [0.5, 0.6) is 11.5 Å². The molecule has 13 rings (SSSR count). The van der Waals surface area contributed by atoms with Crippen molar-refractivity contribution in [2.45, 2.75) is 46.7 Å². The van der Waals surface area contributed by atoms with Crippen molar-refractivity contribution in [3.05, 3.63) is 271 Å². The van der Waals surface area contributed by atoms with Gasteiger partial charge in [-0.15, -0.1) is 29.7 Å². The largest absolute Gasteiger partial charge is 0.510 e. The first-order chi connectivity index (χ1) is 49.2. The molecular formula is C73H56N4OPt-2. The number of aromatic nitrogens is 4. The van der Waals surface area contributed by atoms with Gasteiger partial charge in [0.1, 0.15) is 5.82 Å². The van der Waals surface area contributed by atoms with Gasteiger partial charge in [0.15, 0.2) is 0 Å². The maximum Gasteiger partial charge on any atom is 0.268 e. The van der Waals surface area contributed by atoms with Crippen molar-refractivity contribution < 1.29 is 67.4 Å². The molecule has 3 aromatic heterocycles. The summed E-state index contributed by atoms with van der Waals surface area (Å²) in [6.45, 7) is -3.03. The molecule has 0 aliphatic carbocycles. The van der Waals surface area contributed by atoms with Crippen molar-refractivity contribution in [2.24, 2.45) is 0 Å². The Morgan fingerprint density at radius 3 is 1.89 bits per heavy atom. The number of hydrogen-bond acceptors (Lipinski definition) is 2. The number of nitrogens with zero attached hydrogens (tertiary/aromatic N) is 4. The van der Waals surface area contributed by atoms with Gasteiger partial charge in [-0.3, -0.25) is 4.57 Å². The fourth-order valence-corrected chi connectivity index (χ4v) is 9.73. The van der Waals surface area contributed by atoms with E-state index in [1.165, 1.54) is 41.0 Å². The van der Waals surface area contributed by atoms with Gasteiger partial charge in [-0.05, 0) is 146 Å². The smallest absolute Gasteiger partial charge is 0.268 e. The summed E-state index contributed by atoms with van der Waals surface area (Å²) >= 11 is 0. The monoisotopic (exact) mass is 1230 g/mol. The second-order valence-electron chi connectivity index (χ2n) is 19.2. The fourth-order valence-electron chi connectivity index (χ4n) is 9.73. The molecule has 0 bridgehead atoms. The Balaban J connectivity index is 0.0000105. The number of rotatable bonds is 10. The molecule has 0 N–H and O–H groups in total. The molecule has 3 heterocycles. The van der Waals surface area contributed by atoms with Crippen molar-refractivity contribution in [2.75, 3.05) is 0 Å². The van der Waals surface area contributed by atoms with Gasteiger partial charge in [-0.1, -0.05) is 184 Å². The van der Waals surface area contributed by atoms with Crippen LogP contribution in [0.2, 0.25) is 0 Å². The third-order valence-corrected chi connectivity index (χ3v) is 13.3. The van der Waals surface area contributed by atoms with Gasteiger partial charge in [-0.25, -0.2) is 4.98 Å². The molecule has 0 aliphatic rings. The normalized spacial score (nSPS) is 16.9. The van der Waals surface area contributed by atoms with E-state index >= 15 is 0 Å². The Hall–Kier alpha value is -8.89. The van der Waals surface area contributed by atoms with E-state index in [1.54, 1.807) is 81.9 Å². The number of para-hydroxylation sites is 2. The fraction of sp³-hybridized carbons (Fsp3) is 0.0959. The van der Waals surface area contributed by atoms with Crippen LogP contribution in [0.1, 0.15) is 80.0 Å². The predicted molar refractivity (Wildman–Crippen MR) is 320 cm³/mol. The minimum absolute atomic E-state index is 0. The summed E-state index contributed by atoms with van der Waals surface area (Å²) < 4.78 is 250. The predicted octanol–water partition coefficient (Wildman–Crippen LogP) is 18.1. The first-order valence-corrected chi connectivity index (χ1v) is 24.5. The molecule has 0 saturated carbocycles. The van der Waals surface area contributed by atoms with Crippen LogP contribution in [-0.2, 0) is 26.5 Å². The number of aryl methyl sites for hydroxylation is 3. The number of imidazole rings is 1. The summed E-state index contributed by atoms with van der Waals surface area (Å²) in [5.41, 5.74) is -3.25. The molecule has 0 saturated heterocycles. The van der Waals surface area contributed by atoms with E-state index in [0.29, 0.717) is 27.4 Å². The summed E-state index contributed by atoms with van der Waals surface area (Å²) in [6, 6.07) is 22.9. The van der Waals surface area contributed by atoms with E-state index in [-0.39, 0.29) is 105 Å². The molecule has 5 nitrogen and oxygen atoms in total. The maximum absolute atomic E-state index is 10.2. The molecule has 0 amide bonds. The van der Waals surface area contributed by atoms with Gasteiger partial charge in [0, 0.05) is 62.2 Å². The number of ether oxygens (including phenoxy) is 1. The van der Waals surface area contributed by atoms with E-state index in [0.717, 1.165) is 6.20 Å². The quantitative estimate of drug-likeness (QED) is 0.101. The van der Waals surface area contributed by atoms with Gasteiger partial charge < -0.3 is 13.9 Å². The molecule has 79 heavy (non-hydrogen) atoms. The summed E-state index contributed by atoms with van der Waals surface area (Å²) in [6.07, 6.45) is 4.59. The van der Waals surface area contributed by atoms with Crippen LogP contribution >= 0.6 is 0 Å². The zero-order chi connectivity index (χ0) is 76.2. The molecule has 0 aliphatic heterocycles. The molecule has 0 spiro atoms. The van der Waals surface area contributed by atoms with Crippen molar-refractivity contribution in [1.29, 1.82) is 0 Å². The Kier molecular flexibility index (Phi) is 7.55. The zero-order valence-electron chi connectivity index (χ0n) is 69.1. The van der Waals surface area contributed by atoms with Crippen LogP contribution in [0.25, 0.3) is 106 Å². The zero-order valence-corrected chi connectivity index (χ0v) is 44.3. The SMILES string of the molecule is [2H]c1c([2H])c([2H])c(-c2cnc(-n3c4[c-]c(Oc5[c-]c(-n6[c-][n+](-c7c(-c8c([2H])c(-c9c([2H])c([2H])c([2H])c([2H])c9[2H])c([2H])c(-c9c([2H])c([2H])c([2H])c([2H])c9[2H])c8[2H])cccc7C(C)(C)C)c7ccc(-c8c(C([2H])([2H])[2H])cccc8C([2H])([2H])[2H])cc76)ccc5)ccc4c4ccccc43)cc2C([2H])([2H])[2H])c([2H])c1[2H].[Pt]. The molecule has 0 radical (unpaired) electrons. The molecule has 0 atom stereocenters. The van der Waals surface area contributed by atoms with E-state index in [2.05, 4.69) is 23.4 Å². The third-order valence-electron chi connectivity index (χ3n) is 13.3. The van der Waals surface area contributed by atoms with Gasteiger partial charge in [-0.2, -0.15) is 18.2 Å². The molecule has 0 fully saturated rings. The van der Waals surface area contributed by atoms with Crippen molar-refractivity contribution in [3.8, 4) is 84.3 Å². The van der Waals surface area contributed by atoms with Crippen LogP contribution < -0.4 is 9.30 Å². The number of fused-ring (bicyclic) bond motifs is 4. The molecular weight excluding hydrogens is 1140 g/mol.